The molecule has 0 aromatic carbocycles. The average molecular weight is 377 g/mol. The molecule has 0 radical (unpaired) electrons. The fourth-order valence-electron chi connectivity index (χ4n) is 2.35. The minimum Gasteiger partial charge on any atom is -0.495 e. The van der Waals surface area contributed by atoms with E-state index in [1.54, 1.807) is 0 Å². The van der Waals surface area contributed by atoms with Crippen molar-refractivity contribution in [3.8, 4) is 0 Å². The van der Waals surface area contributed by atoms with E-state index in [2.05, 4.69) is 9.69 Å². The van der Waals surface area contributed by atoms with Crippen molar-refractivity contribution >= 4 is 16.1 Å². The first-order chi connectivity index (χ1) is 11.8. The van der Waals surface area contributed by atoms with Crippen LogP contribution in [0.1, 0.15) is 20.3 Å². The lowest BCUT2D eigenvalue weighted by Gasteiger charge is -2.32. The summed E-state index contributed by atoms with van der Waals surface area (Å²) >= 11 is 0. The molecule has 142 valence electrons. The van der Waals surface area contributed by atoms with Crippen LogP contribution in [0.5, 0.6) is 0 Å². The highest BCUT2D eigenvalue weighted by molar-refractivity contribution is 7.79. The van der Waals surface area contributed by atoms with Crippen LogP contribution in [0.2, 0.25) is 0 Å². The van der Waals surface area contributed by atoms with E-state index in [4.69, 9.17) is 37.3 Å². The SMILES string of the molecule is CCOC1=CC(N2CCOCC2)=C(OCC)CC1=[N+]=[N-].O=S(=O)(O)O. The molecular formula is C14H23N3O7S. The first-order valence-electron chi connectivity index (χ1n) is 7.74. The topological polar surface area (TPSA) is 142 Å². The lowest BCUT2D eigenvalue weighted by Crippen LogP contribution is -2.37. The molecule has 1 fully saturated rings. The standard InChI is InChI=1S/C14H21N3O3.H2O4S/c1-3-19-13-10-12(17-5-7-18-8-6-17)14(20-4-2)9-11(13)16-15;1-5(2,3)4/h10H,3-9H2,1-2H3;(H2,1,2,3,4). The molecule has 25 heavy (non-hydrogen) atoms. The predicted octanol–water partition coefficient (Wildman–Crippen LogP) is 0.909. The zero-order valence-corrected chi connectivity index (χ0v) is 15.0. The van der Waals surface area contributed by atoms with E-state index in [-0.39, 0.29) is 0 Å². The van der Waals surface area contributed by atoms with Crippen molar-refractivity contribution in [2.75, 3.05) is 39.5 Å². The molecule has 1 saturated heterocycles. The Hall–Kier alpha value is -1.91. The van der Waals surface area contributed by atoms with Gasteiger partial charge in [0.25, 0.3) is 0 Å². The molecule has 0 aromatic rings. The maximum absolute atomic E-state index is 9.13. The van der Waals surface area contributed by atoms with E-state index >= 15 is 0 Å². The molecule has 0 atom stereocenters. The number of ether oxygens (including phenoxy) is 3. The monoisotopic (exact) mass is 377 g/mol. The molecular weight excluding hydrogens is 354 g/mol. The summed E-state index contributed by atoms with van der Waals surface area (Å²) in [6.07, 6.45) is 2.35. The molecule has 1 heterocycles. The molecule has 0 amide bonds. The van der Waals surface area contributed by atoms with E-state index < -0.39 is 10.4 Å². The third kappa shape index (κ3) is 7.67. The van der Waals surface area contributed by atoms with Crippen LogP contribution in [0.15, 0.2) is 23.3 Å². The molecule has 1 aliphatic carbocycles. The van der Waals surface area contributed by atoms with E-state index in [1.807, 2.05) is 19.9 Å². The zero-order chi connectivity index (χ0) is 18.9. The van der Waals surface area contributed by atoms with Crippen molar-refractivity contribution < 1.29 is 36.5 Å². The Kier molecular flexibility index (Phi) is 8.59. The van der Waals surface area contributed by atoms with Crippen molar-refractivity contribution in [3.63, 3.8) is 0 Å². The number of nitrogens with zero attached hydrogens (tertiary/aromatic N) is 3. The molecule has 10 nitrogen and oxygen atoms in total. The molecule has 0 aromatic heterocycles. The molecule has 2 aliphatic rings. The quantitative estimate of drug-likeness (QED) is 0.409. The van der Waals surface area contributed by atoms with Crippen LogP contribution in [0.25, 0.3) is 5.53 Å². The van der Waals surface area contributed by atoms with Gasteiger partial charge in [-0.25, -0.2) is 0 Å². The van der Waals surface area contributed by atoms with Crippen LogP contribution in [0, 0.1) is 0 Å². The van der Waals surface area contributed by atoms with Crippen molar-refractivity contribution in [2.45, 2.75) is 20.3 Å². The van der Waals surface area contributed by atoms with Gasteiger partial charge in [-0.3, -0.25) is 9.11 Å². The van der Waals surface area contributed by atoms with Gasteiger partial charge in [-0.05, 0) is 13.8 Å². The normalized spacial score (nSPS) is 18.0. The van der Waals surface area contributed by atoms with E-state index in [9.17, 15) is 0 Å². The lowest BCUT2D eigenvalue weighted by atomic mass is 10.0. The van der Waals surface area contributed by atoms with E-state index in [0.29, 0.717) is 44.3 Å². The molecule has 0 bridgehead atoms. The van der Waals surface area contributed by atoms with Crippen LogP contribution in [-0.2, 0) is 24.6 Å². The van der Waals surface area contributed by atoms with Gasteiger partial charge in [0.2, 0.25) is 5.76 Å². The molecule has 2 rings (SSSR count). The smallest absolute Gasteiger partial charge is 0.394 e. The number of hydrogen-bond donors (Lipinski definition) is 2. The zero-order valence-electron chi connectivity index (χ0n) is 14.2. The van der Waals surface area contributed by atoms with Crippen molar-refractivity contribution in [1.82, 2.24) is 4.90 Å². The first kappa shape index (κ1) is 21.1. The van der Waals surface area contributed by atoms with Crippen LogP contribution in [0.4, 0.5) is 0 Å². The number of hydrogen-bond acceptors (Lipinski definition) is 6. The maximum Gasteiger partial charge on any atom is 0.394 e. The summed E-state index contributed by atoms with van der Waals surface area (Å²) in [6.45, 7) is 8.04. The number of morpholine rings is 1. The number of allylic oxidation sites excluding steroid dienone is 3. The molecule has 1 aliphatic heterocycles. The average Bonchev–Trinajstić information content (AvgIpc) is 2.55. The second-order valence-electron chi connectivity index (χ2n) is 4.95. The Morgan fingerprint density at radius 1 is 1.24 bits per heavy atom. The lowest BCUT2D eigenvalue weighted by molar-refractivity contribution is -0.0140. The summed E-state index contributed by atoms with van der Waals surface area (Å²) in [7, 11) is -4.67. The Morgan fingerprint density at radius 2 is 1.80 bits per heavy atom. The van der Waals surface area contributed by atoms with Crippen molar-refractivity contribution in [3.05, 3.63) is 28.8 Å². The Labute approximate surface area is 146 Å². The van der Waals surface area contributed by atoms with Crippen LogP contribution in [-0.4, -0.2) is 72.4 Å². The minimum absolute atomic E-state index is 0.447. The summed E-state index contributed by atoms with van der Waals surface area (Å²) in [5.74, 6) is 1.44. The summed E-state index contributed by atoms with van der Waals surface area (Å²) in [4.78, 5) is 5.55. The van der Waals surface area contributed by atoms with Gasteiger partial charge in [0, 0.05) is 19.2 Å². The van der Waals surface area contributed by atoms with Crippen LogP contribution in [0.3, 0.4) is 0 Å². The minimum atomic E-state index is -4.67. The first-order valence-corrected chi connectivity index (χ1v) is 9.14. The fraction of sp³-hybridized carbons (Fsp3) is 0.643. The van der Waals surface area contributed by atoms with Crippen molar-refractivity contribution in [2.24, 2.45) is 0 Å². The van der Waals surface area contributed by atoms with Gasteiger partial charge in [0.15, 0.2) is 0 Å². The Bertz CT molecular complexity index is 652. The Balaban J connectivity index is 0.000000550. The van der Waals surface area contributed by atoms with Crippen molar-refractivity contribution in [1.29, 1.82) is 0 Å². The second kappa shape index (κ2) is 10.2. The largest absolute Gasteiger partial charge is 0.495 e. The summed E-state index contributed by atoms with van der Waals surface area (Å²) in [6, 6.07) is 0. The molecule has 11 heteroatoms. The van der Waals surface area contributed by atoms with E-state index in [0.717, 1.165) is 24.5 Å². The van der Waals surface area contributed by atoms with Crippen LogP contribution < -0.4 is 0 Å². The van der Waals surface area contributed by atoms with Crippen LogP contribution >= 0.6 is 0 Å². The maximum atomic E-state index is 9.13. The molecule has 0 unspecified atom stereocenters. The second-order valence-corrected chi connectivity index (χ2v) is 5.85. The predicted molar refractivity (Wildman–Crippen MR) is 88.2 cm³/mol. The summed E-state index contributed by atoms with van der Waals surface area (Å²) in [5, 5.41) is 0. The van der Waals surface area contributed by atoms with Gasteiger partial charge in [-0.1, -0.05) is 0 Å². The fourth-order valence-corrected chi connectivity index (χ4v) is 2.35. The molecule has 0 saturated carbocycles. The number of rotatable bonds is 5. The van der Waals surface area contributed by atoms with E-state index in [1.165, 1.54) is 0 Å². The van der Waals surface area contributed by atoms with Gasteiger partial charge in [-0.15, -0.1) is 0 Å². The third-order valence-electron chi connectivity index (χ3n) is 3.26. The Morgan fingerprint density at radius 3 is 2.28 bits per heavy atom. The molecule has 2 N–H and O–H groups in total. The summed E-state index contributed by atoms with van der Waals surface area (Å²) in [5.41, 5.74) is 10.6. The van der Waals surface area contributed by atoms with Gasteiger partial charge >= 0.3 is 16.1 Å². The van der Waals surface area contributed by atoms with Gasteiger partial charge in [0.05, 0.1) is 32.1 Å². The molecule has 0 spiro atoms. The van der Waals surface area contributed by atoms with Gasteiger partial charge in [0.1, 0.15) is 12.2 Å². The highest BCUT2D eigenvalue weighted by Gasteiger charge is 2.30. The highest BCUT2D eigenvalue weighted by Crippen LogP contribution is 2.26. The highest BCUT2D eigenvalue weighted by atomic mass is 32.3. The summed E-state index contributed by atoms with van der Waals surface area (Å²) < 4.78 is 48.2. The van der Waals surface area contributed by atoms with Gasteiger partial charge in [-0.2, -0.15) is 13.2 Å². The van der Waals surface area contributed by atoms with Gasteiger partial charge < -0.3 is 24.6 Å². The third-order valence-corrected chi connectivity index (χ3v) is 3.26.